The van der Waals surface area contributed by atoms with E-state index < -0.39 is 0 Å². The fourth-order valence-electron chi connectivity index (χ4n) is 1.32. The molecule has 2 N–H and O–H groups in total. The van der Waals surface area contributed by atoms with Crippen molar-refractivity contribution < 1.29 is 14.3 Å². The van der Waals surface area contributed by atoms with Crippen molar-refractivity contribution in [2.45, 2.75) is 6.42 Å². The number of benzene rings is 1. The van der Waals surface area contributed by atoms with Crippen molar-refractivity contribution in [1.82, 2.24) is 0 Å². The first kappa shape index (κ1) is 12.1. The predicted molar refractivity (Wildman–Crippen MR) is 58.4 cm³/mol. The molecule has 1 rings (SSSR count). The molecule has 0 spiro atoms. The standard InChI is InChI=1S/C10H14ClNO3/c1-13-8-5-7(3-4-15-12)10(14-2)9(11)6-8/h5-6H,3-4,12H2,1-2H3. The first-order valence-corrected chi connectivity index (χ1v) is 4.82. The summed E-state index contributed by atoms with van der Waals surface area (Å²) >= 11 is 6.02. The number of nitrogens with two attached hydrogens (primary N) is 1. The van der Waals surface area contributed by atoms with Gasteiger partial charge in [-0.15, -0.1) is 0 Å². The van der Waals surface area contributed by atoms with Gasteiger partial charge in [0.2, 0.25) is 0 Å². The average Bonchev–Trinajstić information content (AvgIpc) is 2.25. The molecule has 0 aliphatic heterocycles. The smallest absolute Gasteiger partial charge is 0.140 e. The summed E-state index contributed by atoms with van der Waals surface area (Å²) in [6.07, 6.45) is 0.622. The summed E-state index contributed by atoms with van der Waals surface area (Å²) in [4.78, 5) is 4.52. The Morgan fingerprint density at radius 3 is 2.53 bits per heavy atom. The molecule has 0 fully saturated rings. The predicted octanol–water partition coefficient (Wildman–Crippen LogP) is 1.79. The number of halogens is 1. The Hall–Kier alpha value is -0.970. The van der Waals surface area contributed by atoms with Gasteiger partial charge in [-0.2, -0.15) is 0 Å². The van der Waals surface area contributed by atoms with E-state index in [0.717, 1.165) is 5.56 Å². The molecule has 0 aromatic heterocycles. The van der Waals surface area contributed by atoms with Gasteiger partial charge in [0.25, 0.3) is 0 Å². The molecule has 0 amide bonds. The van der Waals surface area contributed by atoms with Crippen molar-refractivity contribution in [3.63, 3.8) is 0 Å². The van der Waals surface area contributed by atoms with E-state index in [4.69, 9.17) is 27.0 Å². The van der Waals surface area contributed by atoms with Gasteiger partial charge >= 0.3 is 0 Å². The van der Waals surface area contributed by atoms with Crippen molar-refractivity contribution in [1.29, 1.82) is 0 Å². The second kappa shape index (κ2) is 5.80. The minimum atomic E-state index is 0.403. The molecule has 0 atom stereocenters. The fourth-order valence-corrected chi connectivity index (χ4v) is 1.63. The van der Waals surface area contributed by atoms with Crippen LogP contribution in [-0.4, -0.2) is 20.8 Å². The van der Waals surface area contributed by atoms with E-state index in [1.165, 1.54) is 0 Å². The zero-order valence-electron chi connectivity index (χ0n) is 8.75. The highest BCUT2D eigenvalue weighted by Crippen LogP contribution is 2.33. The van der Waals surface area contributed by atoms with Crippen LogP contribution < -0.4 is 15.4 Å². The summed E-state index contributed by atoms with van der Waals surface area (Å²) in [6.45, 7) is 0.403. The number of hydrogen-bond acceptors (Lipinski definition) is 4. The van der Waals surface area contributed by atoms with Crippen LogP contribution in [0.4, 0.5) is 0 Å². The lowest BCUT2D eigenvalue weighted by Gasteiger charge is -2.11. The van der Waals surface area contributed by atoms with Gasteiger partial charge in [-0.05, 0) is 6.07 Å². The highest BCUT2D eigenvalue weighted by Gasteiger charge is 2.10. The molecule has 0 heterocycles. The minimum Gasteiger partial charge on any atom is -0.497 e. The van der Waals surface area contributed by atoms with Crippen LogP contribution in [0.3, 0.4) is 0 Å². The summed E-state index contributed by atoms with van der Waals surface area (Å²) in [5.41, 5.74) is 0.910. The fraction of sp³-hybridized carbons (Fsp3) is 0.400. The number of rotatable bonds is 5. The Labute approximate surface area is 93.8 Å². The molecule has 15 heavy (non-hydrogen) atoms. The molecular weight excluding hydrogens is 218 g/mol. The van der Waals surface area contributed by atoms with Gasteiger partial charge in [-0.3, -0.25) is 0 Å². The van der Waals surface area contributed by atoms with E-state index in [1.807, 2.05) is 6.07 Å². The third-order valence-corrected chi connectivity index (χ3v) is 2.30. The van der Waals surface area contributed by atoms with Crippen molar-refractivity contribution in [3.8, 4) is 11.5 Å². The van der Waals surface area contributed by atoms with Gasteiger partial charge in [-0.1, -0.05) is 11.6 Å². The molecule has 5 heteroatoms. The lowest BCUT2D eigenvalue weighted by Crippen LogP contribution is -2.05. The Balaban J connectivity index is 3.02. The zero-order valence-corrected chi connectivity index (χ0v) is 9.50. The molecule has 1 aromatic rings. The summed E-state index contributed by atoms with van der Waals surface area (Å²) < 4.78 is 10.3. The molecule has 0 saturated heterocycles. The zero-order chi connectivity index (χ0) is 11.3. The van der Waals surface area contributed by atoms with Crippen LogP contribution in [0.2, 0.25) is 5.02 Å². The SMILES string of the molecule is COc1cc(Cl)c(OC)c(CCON)c1. The average molecular weight is 232 g/mol. The molecule has 0 aliphatic rings. The van der Waals surface area contributed by atoms with Gasteiger partial charge in [0.1, 0.15) is 11.5 Å². The van der Waals surface area contributed by atoms with E-state index in [1.54, 1.807) is 20.3 Å². The monoisotopic (exact) mass is 231 g/mol. The van der Waals surface area contributed by atoms with E-state index >= 15 is 0 Å². The highest BCUT2D eigenvalue weighted by molar-refractivity contribution is 6.32. The summed E-state index contributed by atoms with van der Waals surface area (Å²) in [7, 11) is 3.15. The van der Waals surface area contributed by atoms with Crippen LogP contribution in [-0.2, 0) is 11.3 Å². The van der Waals surface area contributed by atoms with E-state index in [-0.39, 0.29) is 0 Å². The van der Waals surface area contributed by atoms with Crippen molar-refractivity contribution in [2.24, 2.45) is 5.90 Å². The van der Waals surface area contributed by atoms with Crippen molar-refractivity contribution in [2.75, 3.05) is 20.8 Å². The Morgan fingerprint density at radius 1 is 1.27 bits per heavy atom. The molecule has 0 saturated carbocycles. The molecule has 0 aliphatic carbocycles. The number of ether oxygens (including phenoxy) is 2. The largest absolute Gasteiger partial charge is 0.497 e. The van der Waals surface area contributed by atoms with Crippen LogP contribution in [0, 0.1) is 0 Å². The summed E-state index contributed by atoms with van der Waals surface area (Å²) in [5.74, 6) is 6.29. The lowest BCUT2D eigenvalue weighted by atomic mass is 10.1. The van der Waals surface area contributed by atoms with E-state index in [2.05, 4.69) is 4.84 Å². The molecule has 0 bridgehead atoms. The first-order chi connectivity index (χ1) is 7.22. The minimum absolute atomic E-state index is 0.403. The maximum atomic E-state index is 6.02. The van der Waals surface area contributed by atoms with Crippen LogP contribution in [0.1, 0.15) is 5.56 Å². The molecule has 4 nitrogen and oxygen atoms in total. The van der Waals surface area contributed by atoms with Crippen LogP contribution in [0.5, 0.6) is 11.5 Å². The van der Waals surface area contributed by atoms with Gasteiger partial charge in [0.15, 0.2) is 0 Å². The lowest BCUT2D eigenvalue weighted by molar-refractivity contribution is 0.140. The van der Waals surface area contributed by atoms with Crippen molar-refractivity contribution >= 4 is 11.6 Å². The third-order valence-electron chi connectivity index (χ3n) is 2.02. The maximum Gasteiger partial charge on any atom is 0.140 e. The van der Waals surface area contributed by atoms with Crippen LogP contribution in [0.25, 0.3) is 0 Å². The molecular formula is C10H14ClNO3. The third kappa shape index (κ3) is 2.99. The quantitative estimate of drug-likeness (QED) is 0.785. The normalized spacial score (nSPS) is 10.1. The van der Waals surface area contributed by atoms with Crippen LogP contribution >= 0.6 is 11.6 Å². The van der Waals surface area contributed by atoms with Gasteiger partial charge in [0, 0.05) is 18.1 Å². The second-order valence-electron chi connectivity index (χ2n) is 2.92. The second-order valence-corrected chi connectivity index (χ2v) is 3.33. The summed E-state index contributed by atoms with van der Waals surface area (Å²) in [6, 6.07) is 3.55. The molecule has 0 unspecified atom stereocenters. The van der Waals surface area contributed by atoms with E-state index in [0.29, 0.717) is 29.5 Å². The van der Waals surface area contributed by atoms with E-state index in [9.17, 15) is 0 Å². The maximum absolute atomic E-state index is 6.02. The Bertz CT molecular complexity index is 331. The van der Waals surface area contributed by atoms with Gasteiger partial charge < -0.3 is 14.3 Å². The van der Waals surface area contributed by atoms with Crippen LogP contribution in [0.15, 0.2) is 12.1 Å². The first-order valence-electron chi connectivity index (χ1n) is 4.45. The highest BCUT2D eigenvalue weighted by atomic mass is 35.5. The van der Waals surface area contributed by atoms with Crippen molar-refractivity contribution in [3.05, 3.63) is 22.7 Å². The summed E-state index contributed by atoms with van der Waals surface area (Å²) in [5, 5.41) is 0.517. The number of methoxy groups -OCH3 is 2. The van der Waals surface area contributed by atoms with Gasteiger partial charge in [0.05, 0.1) is 25.8 Å². The van der Waals surface area contributed by atoms with Gasteiger partial charge in [-0.25, -0.2) is 5.90 Å². The molecule has 1 aromatic carbocycles. The Kier molecular flexibility index (Phi) is 4.68. The molecule has 84 valence electrons. The molecule has 0 radical (unpaired) electrons. The number of hydrogen-bond donors (Lipinski definition) is 1. The topological polar surface area (TPSA) is 53.7 Å². The Morgan fingerprint density at radius 2 is 2.00 bits per heavy atom.